The van der Waals surface area contributed by atoms with Crippen LogP contribution in [0.2, 0.25) is 0 Å². The van der Waals surface area contributed by atoms with Crippen molar-refractivity contribution in [3.8, 4) is 0 Å². The van der Waals surface area contributed by atoms with Gasteiger partial charge in [-0.15, -0.1) is 0 Å². The van der Waals surface area contributed by atoms with Crippen molar-refractivity contribution in [3.05, 3.63) is 35.9 Å². The topological polar surface area (TPSA) is 0 Å². The molecule has 0 heterocycles. The van der Waals surface area contributed by atoms with Crippen LogP contribution in [0.15, 0.2) is 30.3 Å². The van der Waals surface area contributed by atoms with Crippen LogP contribution >= 0.6 is 0 Å². The fourth-order valence-corrected chi connectivity index (χ4v) is 0.938. The van der Waals surface area contributed by atoms with Crippen LogP contribution in [0, 0.1) is 5.41 Å². The van der Waals surface area contributed by atoms with E-state index < -0.39 is 0 Å². The summed E-state index contributed by atoms with van der Waals surface area (Å²) in [6, 6.07) is 10.6. The normalized spacial score (nSPS) is 8.33. The van der Waals surface area contributed by atoms with E-state index >= 15 is 0 Å². The Morgan fingerprint density at radius 2 is 0.762 bits per heavy atom. The highest BCUT2D eigenvalue weighted by Gasteiger charge is 2.11. The zero-order chi connectivity index (χ0) is 12.1. The molecule has 0 heteroatoms. The smallest absolute Gasteiger partial charge is 0.0132 e. The first-order valence-corrected chi connectivity index (χ1v) is 5.66. The molecule has 0 aliphatic rings. The maximum Gasteiger partial charge on any atom is -0.0132 e. The van der Waals surface area contributed by atoms with Crippen LogP contribution in [0.5, 0.6) is 0 Å². The van der Waals surface area contributed by atoms with E-state index in [1.54, 1.807) is 0 Å². The lowest BCUT2D eigenvalue weighted by Gasteiger charge is -2.18. The molecule has 0 nitrogen and oxygen atoms in total. The molecule has 0 fully saturated rings. The van der Waals surface area contributed by atoms with E-state index in [2.05, 4.69) is 78.8 Å². The number of benzene rings is 1. The minimum Gasteiger partial charge on any atom is -0.0776 e. The van der Waals surface area contributed by atoms with Crippen molar-refractivity contribution < 1.29 is 0 Å². The second-order valence-corrected chi connectivity index (χ2v) is 6.62. The molecular weight excluding hydrogens is 252 g/mol. The monoisotopic (exact) mass is 302 g/mol. The van der Waals surface area contributed by atoms with Crippen LogP contribution in [-0.4, -0.2) is 0 Å². The van der Waals surface area contributed by atoms with Crippen molar-refractivity contribution in [2.24, 2.45) is 5.41 Å². The Hall–Kier alpha value is -0.780. The van der Waals surface area contributed by atoms with Gasteiger partial charge < -0.3 is 0 Å². The molecular formula is C21H50. The second kappa shape index (κ2) is 17.3. The van der Waals surface area contributed by atoms with Gasteiger partial charge >= 0.3 is 0 Å². The SMILES string of the molecule is C.C.C.C.C.C.CC(C)(C)C.CC(C)(C)c1ccccc1. The largest absolute Gasteiger partial charge is 0.0776 e. The van der Waals surface area contributed by atoms with Crippen LogP contribution in [0.25, 0.3) is 0 Å². The predicted molar refractivity (Wildman–Crippen MR) is 111 cm³/mol. The molecule has 1 rings (SSSR count). The summed E-state index contributed by atoms with van der Waals surface area (Å²) in [5, 5.41) is 0. The first-order chi connectivity index (χ1) is 6.61. The van der Waals surface area contributed by atoms with E-state index in [0.29, 0.717) is 10.8 Å². The summed E-state index contributed by atoms with van der Waals surface area (Å²) in [6.07, 6.45) is 0. The van der Waals surface area contributed by atoms with Gasteiger partial charge in [0.2, 0.25) is 0 Å². The highest BCUT2D eigenvalue weighted by atomic mass is 14.2. The average Bonchev–Trinajstić information content (AvgIpc) is 2.01. The number of rotatable bonds is 0. The van der Waals surface area contributed by atoms with Gasteiger partial charge in [0.15, 0.2) is 0 Å². The van der Waals surface area contributed by atoms with E-state index in [0.717, 1.165) is 0 Å². The maximum absolute atomic E-state index is 2.22. The predicted octanol–water partition coefficient (Wildman–Crippen LogP) is 8.85. The van der Waals surface area contributed by atoms with Crippen molar-refractivity contribution in [1.82, 2.24) is 0 Å². The third kappa shape index (κ3) is 32.6. The van der Waals surface area contributed by atoms with Crippen LogP contribution < -0.4 is 0 Å². The van der Waals surface area contributed by atoms with Gasteiger partial charge in [-0.1, -0.05) is 123 Å². The van der Waals surface area contributed by atoms with E-state index in [1.807, 2.05) is 0 Å². The first kappa shape index (κ1) is 42.7. The standard InChI is InChI=1S/C10H14.C5H12.6CH4/c1-10(2,3)9-7-5-4-6-8-9;1-5(2,3)4;;;;;;/h4-8H,1-3H3;1-4H3;6*1H4. The Morgan fingerprint density at radius 1 is 0.524 bits per heavy atom. The minimum atomic E-state index is 0. The summed E-state index contributed by atoms with van der Waals surface area (Å²) in [4.78, 5) is 0. The fraction of sp³-hybridized carbons (Fsp3) is 0.714. The van der Waals surface area contributed by atoms with Gasteiger partial charge in [-0.2, -0.15) is 0 Å². The first-order valence-electron chi connectivity index (χ1n) is 5.66. The zero-order valence-electron chi connectivity index (χ0n) is 11.4. The third-order valence-electron chi connectivity index (χ3n) is 1.64. The molecule has 0 aliphatic heterocycles. The van der Waals surface area contributed by atoms with E-state index in [4.69, 9.17) is 0 Å². The summed E-state index contributed by atoms with van der Waals surface area (Å²) >= 11 is 0. The lowest BCUT2D eigenvalue weighted by Crippen LogP contribution is -2.10. The van der Waals surface area contributed by atoms with E-state index in [1.165, 1.54) is 5.56 Å². The second-order valence-electron chi connectivity index (χ2n) is 6.62. The van der Waals surface area contributed by atoms with Crippen molar-refractivity contribution in [1.29, 1.82) is 0 Å². The molecule has 0 bridgehead atoms. The van der Waals surface area contributed by atoms with Crippen molar-refractivity contribution in [2.45, 2.75) is 98.4 Å². The Morgan fingerprint density at radius 3 is 0.905 bits per heavy atom. The Balaban J connectivity index is -0.0000000325. The lowest BCUT2D eigenvalue weighted by molar-refractivity contribution is 0.469. The summed E-state index contributed by atoms with van der Waals surface area (Å²) < 4.78 is 0. The van der Waals surface area contributed by atoms with Crippen molar-refractivity contribution in [3.63, 3.8) is 0 Å². The van der Waals surface area contributed by atoms with E-state index in [9.17, 15) is 0 Å². The third-order valence-corrected chi connectivity index (χ3v) is 1.64. The van der Waals surface area contributed by atoms with Gasteiger partial charge in [-0.25, -0.2) is 0 Å². The van der Waals surface area contributed by atoms with Gasteiger partial charge in [0, 0.05) is 0 Å². The molecule has 0 unspecified atom stereocenters. The molecule has 21 heavy (non-hydrogen) atoms. The Kier molecular flexibility index (Phi) is 35.2. The van der Waals surface area contributed by atoms with Crippen LogP contribution in [-0.2, 0) is 5.41 Å². The summed E-state index contributed by atoms with van der Waals surface area (Å²) in [6.45, 7) is 15.4. The van der Waals surface area contributed by atoms with Gasteiger partial charge in [0.1, 0.15) is 0 Å². The van der Waals surface area contributed by atoms with Gasteiger partial charge in [0.25, 0.3) is 0 Å². The van der Waals surface area contributed by atoms with E-state index in [-0.39, 0.29) is 44.6 Å². The minimum absolute atomic E-state index is 0. The molecule has 0 saturated carbocycles. The van der Waals surface area contributed by atoms with Crippen molar-refractivity contribution >= 4 is 0 Å². The average molecular weight is 303 g/mol. The highest BCUT2D eigenvalue weighted by Crippen LogP contribution is 2.20. The Labute approximate surface area is 140 Å². The maximum atomic E-state index is 2.22. The summed E-state index contributed by atoms with van der Waals surface area (Å²) in [5.74, 6) is 0. The fourth-order valence-electron chi connectivity index (χ4n) is 0.938. The van der Waals surface area contributed by atoms with Crippen LogP contribution in [0.4, 0.5) is 0 Å². The molecule has 0 radical (unpaired) electrons. The number of hydrogen-bond donors (Lipinski definition) is 0. The molecule has 0 aromatic heterocycles. The molecule has 0 atom stereocenters. The van der Waals surface area contributed by atoms with Gasteiger partial charge in [0.05, 0.1) is 0 Å². The Bertz CT molecular complexity index is 250. The molecule has 134 valence electrons. The van der Waals surface area contributed by atoms with Crippen LogP contribution in [0.3, 0.4) is 0 Å². The molecule has 1 aromatic carbocycles. The highest BCUT2D eigenvalue weighted by molar-refractivity contribution is 5.21. The molecule has 0 aliphatic carbocycles. The summed E-state index contributed by atoms with van der Waals surface area (Å²) in [7, 11) is 0. The van der Waals surface area contributed by atoms with Gasteiger partial charge in [-0.3, -0.25) is 0 Å². The zero-order valence-corrected chi connectivity index (χ0v) is 11.4. The quantitative estimate of drug-likeness (QED) is 0.449. The van der Waals surface area contributed by atoms with Gasteiger partial charge in [-0.05, 0) is 16.4 Å². The molecule has 0 N–H and O–H groups in total. The number of hydrogen-bond acceptors (Lipinski definition) is 0. The molecule has 1 aromatic rings. The van der Waals surface area contributed by atoms with Crippen LogP contribution in [0.1, 0.15) is 98.6 Å². The lowest BCUT2D eigenvalue weighted by atomic mass is 9.87. The van der Waals surface area contributed by atoms with Crippen molar-refractivity contribution in [2.75, 3.05) is 0 Å². The summed E-state index contributed by atoms with van der Waals surface area (Å²) in [5.41, 5.74) is 2.19. The molecule has 0 amide bonds. The molecule has 0 saturated heterocycles. The molecule has 0 spiro atoms.